The lowest BCUT2D eigenvalue weighted by Crippen LogP contribution is -2.31. The average Bonchev–Trinajstić information content (AvgIpc) is 2.75. The molecule has 1 N–H and O–H groups in total. The lowest BCUT2D eigenvalue weighted by atomic mass is 10.1. The molecule has 0 spiro atoms. The van der Waals surface area contributed by atoms with Crippen molar-refractivity contribution < 1.29 is 32.3 Å². The molecule has 0 unspecified atom stereocenters. The van der Waals surface area contributed by atoms with Gasteiger partial charge in [-0.1, -0.05) is 18.2 Å². The summed E-state index contributed by atoms with van der Waals surface area (Å²) in [6.45, 7) is 0.0995. The number of methoxy groups -OCH3 is 2. The Labute approximate surface area is 181 Å². The number of carbonyl (C=O) groups is 3. The van der Waals surface area contributed by atoms with Crippen LogP contribution in [-0.2, 0) is 24.3 Å². The van der Waals surface area contributed by atoms with Crippen LogP contribution in [0.3, 0.4) is 0 Å². The molecule has 0 heterocycles. The van der Waals surface area contributed by atoms with Gasteiger partial charge in [-0.05, 0) is 36.8 Å². The number of para-hydroxylation sites is 1. The molecule has 2 aromatic rings. The topological polar surface area (TPSA) is 119 Å². The summed E-state index contributed by atoms with van der Waals surface area (Å²) in [5.41, 5.74) is 0.829. The van der Waals surface area contributed by atoms with E-state index in [1.807, 2.05) is 0 Å². The van der Waals surface area contributed by atoms with Crippen LogP contribution in [0.25, 0.3) is 0 Å². The van der Waals surface area contributed by atoms with Crippen LogP contribution in [0.5, 0.6) is 0 Å². The van der Waals surface area contributed by atoms with Crippen molar-refractivity contribution in [1.82, 2.24) is 0 Å². The number of nitrogens with one attached hydrogen (secondary N) is 1. The van der Waals surface area contributed by atoms with Gasteiger partial charge in [0.2, 0.25) is 15.9 Å². The third-order valence-electron chi connectivity index (χ3n) is 4.33. The Hall–Kier alpha value is -3.40. The second-order valence-corrected chi connectivity index (χ2v) is 8.47. The van der Waals surface area contributed by atoms with Gasteiger partial charge in [-0.15, -0.1) is 0 Å². The van der Waals surface area contributed by atoms with Crippen LogP contribution in [0.15, 0.2) is 48.5 Å². The molecule has 0 aromatic heterocycles. The Bertz CT molecular complexity index is 1050. The fraction of sp³-hybridized carbons (Fsp3) is 0.286. The number of esters is 2. The van der Waals surface area contributed by atoms with Gasteiger partial charge < -0.3 is 14.8 Å². The maximum absolute atomic E-state index is 12.4. The van der Waals surface area contributed by atoms with Crippen LogP contribution >= 0.6 is 0 Å². The minimum Gasteiger partial charge on any atom is -0.465 e. The van der Waals surface area contributed by atoms with E-state index in [2.05, 4.69) is 10.1 Å². The summed E-state index contributed by atoms with van der Waals surface area (Å²) in [5.74, 6) is -1.76. The maximum Gasteiger partial charge on any atom is 0.339 e. The summed E-state index contributed by atoms with van der Waals surface area (Å²) >= 11 is 0. The zero-order chi connectivity index (χ0) is 23.0. The number of carbonyl (C=O) groups excluding carboxylic acids is 3. The average molecular weight is 448 g/mol. The highest BCUT2D eigenvalue weighted by molar-refractivity contribution is 7.92. The summed E-state index contributed by atoms with van der Waals surface area (Å²) in [5, 5.41) is 2.58. The van der Waals surface area contributed by atoms with Crippen LogP contribution in [0.4, 0.5) is 11.4 Å². The minimum absolute atomic E-state index is 0.0120. The van der Waals surface area contributed by atoms with Crippen LogP contribution in [0.2, 0.25) is 0 Å². The Kier molecular flexibility index (Phi) is 8.14. The summed E-state index contributed by atoms with van der Waals surface area (Å²) in [7, 11) is -1.11. The van der Waals surface area contributed by atoms with E-state index in [0.29, 0.717) is 5.69 Å². The molecule has 0 atom stereocenters. The molecule has 2 rings (SSSR count). The normalized spacial score (nSPS) is 10.8. The molecule has 0 fully saturated rings. The Morgan fingerprint density at radius 3 is 2.19 bits per heavy atom. The summed E-state index contributed by atoms with van der Waals surface area (Å²) in [4.78, 5) is 36.2. The van der Waals surface area contributed by atoms with Crippen molar-refractivity contribution in [3.63, 3.8) is 0 Å². The largest absolute Gasteiger partial charge is 0.465 e. The van der Waals surface area contributed by atoms with E-state index < -0.39 is 27.9 Å². The summed E-state index contributed by atoms with van der Waals surface area (Å²) in [6, 6.07) is 12.6. The number of hydrogen-bond acceptors (Lipinski definition) is 7. The fourth-order valence-electron chi connectivity index (χ4n) is 2.86. The molecule has 166 valence electrons. The number of nitrogens with zero attached hydrogens (tertiary/aromatic N) is 1. The first-order valence-corrected chi connectivity index (χ1v) is 11.2. The lowest BCUT2D eigenvalue weighted by Gasteiger charge is -2.22. The molecule has 31 heavy (non-hydrogen) atoms. The van der Waals surface area contributed by atoms with E-state index in [-0.39, 0.29) is 36.2 Å². The standard InChI is InChI=1S/C21H24N2O7S/c1-29-20(25)15-11-12-17(21(26)30-2)18(14-15)22-19(24)10-7-13-23(31(3,27)28)16-8-5-4-6-9-16/h4-6,8-9,11-12,14H,7,10,13H2,1-3H3,(H,22,24). The third kappa shape index (κ3) is 6.54. The molecule has 9 nitrogen and oxygen atoms in total. The van der Waals surface area contributed by atoms with Gasteiger partial charge in [0, 0.05) is 13.0 Å². The smallest absolute Gasteiger partial charge is 0.339 e. The van der Waals surface area contributed by atoms with Crippen molar-refractivity contribution in [3.05, 3.63) is 59.7 Å². The quantitative estimate of drug-likeness (QED) is 0.585. The SMILES string of the molecule is COC(=O)c1ccc(C(=O)OC)c(NC(=O)CCCN(c2ccccc2)S(C)(=O)=O)c1. The van der Waals surface area contributed by atoms with Crippen LogP contribution in [-0.4, -0.2) is 53.3 Å². The Balaban J connectivity index is 2.11. The number of rotatable bonds is 9. The van der Waals surface area contributed by atoms with Crippen LogP contribution in [0.1, 0.15) is 33.6 Å². The molecule has 0 aliphatic heterocycles. The number of anilines is 2. The molecule has 0 bridgehead atoms. The van der Waals surface area contributed by atoms with Crippen LogP contribution < -0.4 is 9.62 Å². The second-order valence-electron chi connectivity index (χ2n) is 6.57. The second kappa shape index (κ2) is 10.6. The molecule has 0 radical (unpaired) electrons. The van der Waals surface area contributed by atoms with Crippen molar-refractivity contribution >= 4 is 39.2 Å². The molecular formula is C21H24N2O7S. The van der Waals surface area contributed by atoms with E-state index >= 15 is 0 Å². The molecular weight excluding hydrogens is 424 g/mol. The van der Waals surface area contributed by atoms with Crippen molar-refractivity contribution in [2.24, 2.45) is 0 Å². The van der Waals surface area contributed by atoms with Gasteiger partial charge in [-0.25, -0.2) is 18.0 Å². The van der Waals surface area contributed by atoms with Gasteiger partial charge in [0.25, 0.3) is 0 Å². The molecule has 2 aromatic carbocycles. The number of hydrogen-bond donors (Lipinski definition) is 1. The summed E-state index contributed by atoms with van der Waals surface area (Å²) < 4.78 is 34.8. The van der Waals surface area contributed by atoms with Gasteiger partial charge in [0.1, 0.15) is 0 Å². The van der Waals surface area contributed by atoms with Crippen LogP contribution in [0, 0.1) is 0 Å². The van der Waals surface area contributed by atoms with Gasteiger partial charge >= 0.3 is 11.9 Å². The molecule has 10 heteroatoms. The highest BCUT2D eigenvalue weighted by atomic mass is 32.2. The predicted molar refractivity (Wildman–Crippen MR) is 116 cm³/mol. The highest BCUT2D eigenvalue weighted by Crippen LogP contribution is 2.21. The van der Waals surface area contributed by atoms with E-state index in [1.54, 1.807) is 30.3 Å². The minimum atomic E-state index is -3.53. The first-order chi connectivity index (χ1) is 14.7. The zero-order valence-corrected chi connectivity index (χ0v) is 18.3. The van der Waals surface area contributed by atoms with E-state index in [9.17, 15) is 22.8 Å². The van der Waals surface area contributed by atoms with Gasteiger partial charge in [0.05, 0.1) is 43.0 Å². The lowest BCUT2D eigenvalue weighted by molar-refractivity contribution is -0.116. The van der Waals surface area contributed by atoms with Crippen molar-refractivity contribution in [2.75, 3.05) is 36.6 Å². The maximum atomic E-state index is 12.4. The van der Waals surface area contributed by atoms with Gasteiger partial charge in [-0.3, -0.25) is 9.10 Å². The van der Waals surface area contributed by atoms with Gasteiger partial charge in [-0.2, -0.15) is 0 Å². The zero-order valence-electron chi connectivity index (χ0n) is 17.5. The Morgan fingerprint density at radius 2 is 1.61 bits per heavy atom. The van der Waals surface area contributed by atoms with Gasteiger partial charge in [0.15, 0.2) is 0 Å². The monoisotopic (exact) mass is 448 g/mol. The van der Waals surface area contributed by atoms with E-state index in [0.717, 1.165) is 6.26 Å². The number of sulfonamides is 1. The first kappa shape index (κ1) is 23.9. The molecule has 0 saturated carbocycles. The molecule has 0 aliphatic rings. The van der Waals surface area contributed by atoms with Crippen molar-refractivity contribution in [1.29, 1.82) is 0 Å². The molecule has 1 amide bonds. The first-order valence-electron chi connectivity index (χ1n) is 9.30. The predicted octanol–water partition coefficient (Wildman–Crippen LogP) is 2.44. The number of benzene rings is 2. The van der Waals surface area contributed by atoms with E-state index in [4.69, 9.17) is 4.74 Å². The molecule has 0 saturated heterocycles. The summed E-state index contributed by atoms with van der Waals surface area (Å²) in [6.07, 6.45) is 1.32. The number of ether oxygens (including phenoxy) is 2. The Morgan fingerprint density at radius 1 is 0.968 bits per heavy atom. The highest BCUT2D eigenvalue weighted by Gasteiger charge is 2.19. The molecule has 0 aliphatic carbocycles. The van der Waals surface area contributed by atoms with Crippen molar-refractivity contribution in [2.45, 2.75) is 12.8 Å². The fourth-order valence-corrected chi connectivity index (χ4v) is 3.82. The number of amides is 1. The van der Waals surface area contributed by atoms with Crippen molar-refractivity contribution in [3.8, 4) is 0 Å². The van der Waals surface area contributed by atoms with E-state index in [1.165, 1.54) is 36.7 Å². The third-order valence-corrected chi connectivity index (χ3v) is 5.52.